The molecule has 2 aromatic heterocycles. The minimum atomic E-state index is -1.74. The number of hydrogen-bond acceptors (Lipinski definition) is 26. The molecule has 3 heterocycles. The standard InChI is InChI=1S/C64H97N19O20.Y/c65-61(100)46(5-1-3-19-68-54(89)34-72-52(87)14-12-50(85)70-21-17-43-32-66-40-74-43)77-63(102)48(11-16-57(92)93)79-62(101)47(6-2-4-20-69-55(90)35-73-53(88)15-13-51(86)71-22-18-44-33-67-41-75-44)78-64(103)49(31-42-7-9-45(84)10-8-42)76-56(91)36-80-23-25-81(37-58(94)95)27-29-83(39-60(98)99)30-28-82(26-24-80)38-59(96)97;/h7-10,32-33,40-41,46-49,84H,1-6,11-31,34-39H2,(H2,65,100)(H,66,74)(H,67,75)(H,68,89)(H,69,90)(H,70,85)(H,71,86)(H,72,87)(H,73,88)(H,76,91)(H,77,102)(H,78,103)(H,79,101)(H,92,93)(H,94,95)(H,96,97)(H,98,99);/q;+3/p-3/t46-,47-,48-,49-;/m1./s1/i;1+1. The fraction of sp³-hybridized carbons (Fsp3) is 0.578. The van der Waals surface area contributed by atoms with Gasteiger partial charge in [0.1, 0.15) is 29.9 Å². The van der Waals surface area contributed by atoms with Crippen LogP contribution < -0.4 is 79.3 Å². The summed E-state index contributed by atoms with van der Waals surface area (Å²) in [6.45, 7) is -2.49. The molecule has 40 heteroatoms. The van der Waals surface area contributed by atoms with Crippen molar-refractivity contribution < 1.29 is 132 Å². The number of rotatable bonds is 47. The number of nitrogens with zero attached hydrogens (tertiary/aromatic N) is 6. The number of benzene rings is 1. The molecule has 15 N–H and O–H groups in total. The Morgan fingerprint density at radius 1 is 0.433 bits per heavy atom. The Hall–Kier alpha value is -9.57. The molecule has 1 aliphatic rings. The van der Waals surface area contributed by atoms with Gasteiger partial charge in [-0.2, -0.15) is 0 Å². The summed E-state index contributed by atoms with van der Waals surface area (Å²) >= 11 is 0. The molecule has 0 saturated carbocycles. The van der Waals surface area contributed by atoms with Gasteiger partial charge in [0.05, 0.1) is 50.2 Å². The van der Waals surface area contributed by atoms with Gasteiger partial charge in [0.15, 0.2) is 0 Å². The normalized spacial score (nSPS) is 14.3. The summed E-state index contributed by atoms with van der Waals surface area (Å²) in [5.74, 6) is -14.2. The van der Waals surface area contributed by atoms with Gasteiger partial charge in [-0.3, -0.25) is 72.3 Å². The van der Waals surface area contributed by atoms with Gasteiger partial charge in [0, 0.05) is 173 Å². The third-order valence-electron chi connectivity index (χ3n) is 16.0. The van der Waals surface area contributed by atoms with Gasteiger partial charge >= 0.3 is 34.1 Å². The Morgan fingerprint density at radius 2 is 0.798 bits per heavy atom. The monoisotopic (exact) mass is 1540 g/mol. The SMILES string of the molecule is NC(=O)[C@@H](CCCCNC(=O)CNC(=O)CCC(=O)NCCc1cnc[nH]1)NC(=O)[C@@H](CCC(=O)[O-])NC(=O)[C@@H](CCCCNC(=O)CNC(=O)CCC(=O)NCCc1cnc[nH]1)NC(=O)[C@@H](Cc1ccc(O)cc1)NC(=O)CN1CCN(CC(=O)[O-])CCN(CC(=O)[O-])CCN(CC(=O)[O-])CC1.[90Y+3].[H+]. The maximum Gasteiger partial charge on any atom is 3.00 e. The Balaban J connectivity index is 0.0000187. The second kappa shape index (κ2) is 49.9. The van der Waals surface area contributed by atoms with Gasteiger partial charge < -0.3 is 114 Å². The number of carbonyl (C=O) groups is 15. The summed E-state index contributed by atoms with van der Waals surface area (Å²) in [5.41, 5.74) is 7.68. The minimum absolute atomic E-state index is 0. The Morgan fingerprint density at radius 3 is 1.18 bits per heavy atom. The van der Waals surface area contributed by atoms with Gasteiger partial charge in [0.2, 0.25) is 65.0 Å². The van der Waals surface area contributed by atoms with E-state index in [1.807, 2.05) is 0 Å². The van der Waals surface area contributed by atoms with E-state index in [4.69, 9.17) is 5.73 Å². The Kier molecular flexibility index (Phi) is 42.6. The number of aromatic hydroxyl groups is 1. The van der Waals surface area contributed by atoms with Crippen LogP contribution in [0.15, 0.2) is 49.3 Å². The zero-order valence-corrected chi connectivity index (χ0v) is 60.6. The molecule has 0 bridgehead atoms. The number of carboxylic acids is 4. The third kappa shape index (κ3) is 39.7. The van der Waals surface area contributed by atoms with Crippen molar-refractivity contribution in [3.05, 3.63) is 66.3 Å². The number of carbonyl (C=O) groups excluding carboxylic acids is 15. The number of nitrogens with one attached hydrogen (secondary N) is 12. The van der Waals surface area contributed by atoms with Crippen LogP contribution in [0, 0.1) is 0 Å². The summed E-state index contributed by atoms with van der Waals surface area (Å²) in [5, 5.41) is 82.7. The molecule has 11 amide bonds. The molecule has 104 heavy (non-hydrogen) atoms. The second-order valence-electron chi connectivity index (χ2n) is 24.3. The molecule has 1 fully saturated rings. The summed E-state index contributed by atoms with van der Waals surface area (Å²) in [7, 11) is 0. The first kappa shape index (κ1) is 88.6. The number of aromatic nitrogens is 4. The van der Waals surface area contributed by atoms with E-state index < -0.39 is 153 Å². The van der Waals surface area contributed by atoms with Crippen molar-refractivity contribution in [2.75, 3.05) is 118 Å². The summed E-state index contributed by atoms with van der Waals surface area (Å²) in [6.07, 6.45) is 4.99. The molecule has 1 aromatic carbocycles. The molecule has 4 atom stereocenters. The van der Waals surface area contributed by atoms with Crippen LogP contribution in [0.1, 0.15) is 95.4 Å². The number of primary amides is 1. The van der Waals surface area contributed by atoms with Crippen molar-refractivity contribution in [3.8, 4) is 5.75 Å². The summed E-state index contributed by atoms with van der Waals surface area (Å²) < 4.78 is 0. The van der Waals surface area contributed by atoms with Crippen molar-refractivity contribution in [1.82, 2.24) is 92.7 Å². The number of imidazole rings is 2. The molecular formula is C64H94N19O20Y. The molecule has 1 saturated heterocycles. The molecule has 4 rings (SSSR count). The van der Waals surface area contributed by atoms with E-state index in [1.54, 1.807) is 17.3 Å². The fourth-order valence-electron chi connectivity index (χ4n) is 10.4. The number of H-pyrrole nitrogens is 2. The average Bonchev–Trinajstić information content (AvgIpc) is 1.25. The number of amides is 11. The van der Waals surface area contributed by atoms with Crippen molar-refractivity contribution >= 4 is 88.9 Å². The number of aromatic amines is 2. The number of carboxylic acid groups (broad SMARTS) is 4. The molecular weight excluding hydrogens is 1440 g/mol. The molecule has 0 spiro atoms. The van der Waals surface area contributed by atoms with Crippen LogP contribution in [0.2, 0.25) is 0 Å². The van der Waals surface area contributed by atoms with E-state index in [9.17, 15) is 97.5 Å². The number of nitrogens with two attached hydrogens (primary N) is 1. The molecule has 39 nitrogen and oxygen atoms in total. The molecule has 1 aliphatic heterocycles. The molecule has 3 aromatic rings. The predicted molar refractivity (Wildman–Crippen MR) is 354 cm³/mol. The summed E-state index contributed by atoms with van der Waals surface area (Å²) in [4.78, 5) is 212. The van der Waals surface area contributed by atoms with Crippen molar-refractivity contribution in [2.24, 2.45) is 5.73 Å². The second-order valence-corrected chi connectivity index (χ2v) is 24.3. The van der Waals surface area contributed by atoms with Gasteiger partial charge in [-0.05, 0) is 69.1 Å². The quantitative estimate of drug-likeness (QED) is 0.0234. The van der Waals surface area contributed by atoms with Crippen LogP contribution in [-0.2, 0) is 124 Å². The maximum absolute atomic E-state index is 14.7. The van der Waals surface area contributed by atoms with Crippen LogP contribution in [0.3, 0.4) is 0 Å². The van der Waals surface area contributed by atoms with Crippen LogP contribution in [0.5, 0.6) is 5.75 Å². The van der Waals surface area contributed by atoms with Crippen LogP contribution >= 0.6 is 0 Å². The Labute approximate surface area is 626 Å². The Bertz CT molecular complexity index is 3240. The van der Waals surface area contributed by atoms with Gasteiger partial charge in [0.25, 0.3) is 0 Å². The van der Waals surface area contributed by atoms with Crippen molar-refractivity contribution in [1.29, 1.82) is 0 Å². The first-order valence-corrected chi connectivity index (χ1v) is 33.7. The zero-order chi connectivity index (χ0) is 75.5. The number of aliphatic carboxylic acids is 4. The van der Waals surface area contributed by atoms with Crippen LogP contribution in [0.25, 0.3) is 0 Å². The predicted octanol–water partition coefficient (Wildman–Crippen LogP) is -11.0. The summed E-state index contributed by atoms with van der Waals surface area (Å²) in [6, 6.07) is -0.804. The number of unbranched alkanes of at least 4 members (excludes halogenated alkanes) is 2. The molecule has 0 unspecified atom stereocenters. The molecule has 0 aliphatic carbocycles. The van der Waals surface area contributed by atoms with Crippen LogP contribution in [0.4, 0.5) is 0 Å². The van der Waals surface area contributed by atoms with E-state index in [2.05, 4.69) is 73.1 Å². The topological polar surface area (TPSA) is 585 Å². The van der Waals surface area contributed by atoms with Gasteiger partial charge in [-0.25, -0.2) is 9.97 Å². The van der Waals surface area contributed by atoms with E-state index in [0.717, 1.165) is 11.4 Å². The van der Waals surface area contributed by atoms with E-state index in [-0.39, 0.29) is 188 Å². The van der Waals surface area contributed by atoms with Crippen molar-refractivity contribution in [2.45, 2.75) is 120 Å². The first-order valence-electron chi connectivity index (χ1n) is 33.7. The third-order valence-corrected chi connectivity index (χ3v) is 16.0. The molecule has 0 radical (unpaired) electrons. The fourth-order valence-corrected chi connectivity index (χ4v) is 10.4. The zero-order valence-electron chi connectivity index (χ0n) is 58.8. The van der Waals surface area contributed by atoms with E-state index in [0.29, 0.717) is 31.5 Å². The van der Waals surface area contributed by atoms with Gasteiger partial charge in [-0.1, -0.05) is 12.1 Å². The minimum Gasteiger partial charge on any atom is -0.550 e. The van der Waals surface area contributed by atoms with E-state index in [1.165, 1.54) is 51.6 Å². The average molecular weight is 1540 g/mol. The maximum atomic E-state index is 14.7. The largest absolute Gasteiger partial charge is 3.00 e. The van der Waals surface area contributed by atoms with Gasteiger partial charge in [-0.15, -0.1) is 0 Å². The number of hydrogen-bond donors (Lipinski definition) is 14. The number of phenols is 1. The van der Waals surface area contributed by atoms with E-state index >= 15 is 0 Å². The first-order chi connectivity index (χ1) is 49.2. The molecule has 568 valence electrons. The van der Waals surface area contributed by atoms with Crippen molar-refractivity contribution in [3.63, 3.8) is 0 Å². The smallest absolute Gasteiger partial charge is 0.550 e. The van der Waals surface area contributed by atoms with Crippen LogP contribution in [-0.4, -0.2) is 275 Å². The number of phenolic OH excluding ortho intramolecular Hbond substituents is 1.